The number of aromatic amines is 1. The Balaban J connectivity index is 1.72. The molecule has 0 radical (unpaired) electrons. The van der Waals surface area contributed by atoms with Gasteiger partial charge in [0.1, 0.15) is 0 Å². The van der Waals surface area contributed by atoms with Gasteiger partial charge >= 0.3 is 17.6 Å². The number of aromatic nitrogens is 2. The van der Waals surface area contributed by atoms with Crippen molar-refractivity contribution >= 4 is 23.0 Å². The lowest BCUT2D eigenvalue weighted by molar-refractivity contribution is 0.0601. The van der Waals surface area contributed by atoms with Crippen molar-refractivity contribution in [1.29, 1.82) is 0 Å². The molecular formula is C23H18N2O5. The summed E-state index contributed by atoms with van der Waals surface area (Å²) in [7, 11) is 1.30. The molecule has 7 nitrogen and oxygen atoms in total. The Kier molecular flexibility index (Phi) is 4.93. The van der Waals surface area contributed by atoms with Crippen molar-refractivity contribution in [1.82, 2.24) is 9.55 Å². The van der Waals surface area contributed by atoms with Crippen LogP contribution in [-0.2, 0) is 11.3 Å². The number of aromatic carboxylic acids is 1. The Hall–Kier alpha value is -4.13. The van der Waals surface area contributed by atoms with Crippen LogP contribution in [0.2, 0.25) is 0 Å². The molecule has 0 spiro atoms. The molecule has 0 fully saturated rings. The number of nitrogens with one attached hydrogen (secondary N) is 1. The van der Waals surface area contributed by atoms with E-state index < -0.39 is 11.9 Å². The van der Waals surface area contributed by atoms with E-state index in [1.165, 1.54) is 11.7 Å². The van der Waals surface area contributed by atoms with Gasteiger partial charge in [-0.3, -0.25) is 4.57 Å². The monoisotopic (exact) mass is 402 g/mol. The van der Waals surface area contributed by atoms with Gasteiger partial charge in [0.2, 0.25) is 0 Å². The summed E-state index contributed by atoms with van der Waals surface area (Å²) in [5, 5.41) is 9.40. The number of esters is 1. The van der Waals surface area contributed by atoms with E-state index in [0.29, 0.717) is 22.2 Å². The quantitative estimate of drug-likeness (QED) is 0.497. The fourth-order valence-electron chi connectivity index (χ4n) is 3.54. The van der Waals surface area contributed by atoms with Crippen LogP contribution in [0.4, 0.5) is 0 Å². The fourth-order valence-corrected chi connectivity index (χ4v) is 3.54. The van der Waals surface area contributed by atoms with E-state index in [4.69, 9.17) is 4.74 Å². The van der Waals surface area contributed by atoms with Crippen molar-refractivity contribution in [3.63, 3.8) is 0 Å². The molecular weight excluding hydrogens is 384 g/mol. The minimum absolute atomic E-state index is 0.223. The van der Waals surface area contributed by atoms with Crippen LogP contribution in [0, 0.1) is 0 Å². The Morgan fingerprint density at radius 2 is 1.67 bits per heavy atom. The van der Waals surface area contributed by atoms with Crippen LogP contribution in [-0.4, -0.2) is 33.7 Å². The summed E-state index contributed by atoms with van der Waals surface area (Å²) in [5.74, 6) is -1.51. The molecule has 30 heavy (non-hydrogen) atoms. The van der Waals surface area contributed by atoms with Gasteiger partial charge in [-0.15, -0.1) is 0 Å². The van der Waals surface area contributed by atoms with Crippen LogP contribution in [0.1, 0.15) is 26.3 Å². The van der Waals surface area contributed by atoms with Crippen LogP contribution in [0.3, 0.4) is 0 Å². The van der Waals surface area contributed by atoms with Gasteiger partial charge in [0, 0.05) is 0 Å². The zero-order valence-electron chi connectivity index (χ0n) is 16.1. The van der Waals surface area contributed by atoms with E-state index >= 15 is 0 Å². The molecule has 0 amide bonds. The maximum Gasteiger partial charge on any atom is 0.340 e. The molecule has 0 unspecified atom stereocenters. The van der Waals surface area contributed by atoms with Crippen LogP contribution >= 0.6 is 0 Å². The molecule has 0 aliphatic heterocycles. The first-order chi connectivity index (χ1) is 14.5. The van der Waals surface area contributed by atoms with E-state index in [1.807, 2.05) is 24.3 Å². The van der Waals surface area contributed by atoms with E-state index in [2.05, 4.69) is 4.98 Å². The third-order valence-electron chi connectivity index (χ3n) is 4.96. The minimum Gasteiger partial charge on any atom is -0.478 e. The second-order valence-electron chi connectivity index (χ2n) is 6.76. The zero-order chi connectivity index (χ0) is 21.3. The van der Waals surface area contributed by atoms with Crippen molar-refractivity contribution in [2.24, 2.45) is 0 Å². The molecule has 1 aromatic heterocycles. The first-order valence-electron chi connectivity index (χ1n) is 9.21. The summed E-state index contributed by atoms with van der Waals surface area (Å²) in [6.07, 6.45) is 0. The van der Waals surface area contributed by atoms with Gasteiger partial charge in [-0.2, -0.15) is 0 Å². The number of carbonyl (C=O) groups excluding carboxylic acids is 1. The topological polar surface area (TPSA) is 101 Å². The summed E-state index contributed by atoms with van der Waals surface area (Å²) in [6, 6.07) is 19.1. The molecule has 0 saturated carbocycles. The van der Waals surface area contributed by atoms with Crippen molar-refractivity contribution in [2.75, 3.05) is 7.11 Å². The predicted octanol–water partition coefficient (Wildman–Crippen LogP) is 3.53. The smallest absolute Gasteiger partial charge is 0.340 e. The summed E-state index contributed by atoms with van der Waals surface area (Å²) in [6.45, 7) is 0.244. The number of imidazole rings is 1. The van der Waals surface area contributed by atoms with Crippen molar-refractivity contribution in [2.45, 2.75) is 6.54 Å². The predicted molar refractivity (Wildman–Crippen MR) is 112 cm³/mol. The normalized spacial score (nSPS) is 10.8. The Bertz CT molecular complexity index is 1320. The number of nitrogens with zero attached hydrogens (tertiary/aromatic N) is 1. The number of carboxylic acid groups (broad SMARTS) is 1. The van der Waals surface area contributed by atoms with Gasteiger partial charge in [0.05, 0.1) is 35.8 Å². The average Bonchev–Trinajstić information content (AvgIpc) is 3.08. The number of benzene rings is 3. The summed E-state index contributed by atoms with van der Waals surface area (Å²) >= 11 is 0. The second-order valence-corrected chi connectivity index (χ2v) is 6.76. The highest BCUT2D eigenvalue weighted by Gasteiger charge is 2.17. The standard InChI is InChI=1S/C23H18N2O5/c1-30-22(28)18-7-4-8-19-20(18)25(23(29)24-19)13-14-9-11-15(12-10-14)16-5-2-3-6-17(16)21(26)27/h2-12H,13H2,1H3,(H,24,29)(H,26,27). The SMILES string of the molecule is COC(=O)c1cccc2[nH]c(=O)n(Cc3ccc(-c4ccccc4C(=O)O)cc3)c12. The first-order valence-corrected chi connectivity index (χ1v) is 9.21. The van der Waals surface area contributed by atoms with Gasteiger partial charge in [-0.25, -0.2) is 14.4 Å². The fraction of sp³-hybridized carbons (Fsp3) is 0.0870. The maximum absolute atomic E-state index is 12.5. The number of fused-ring (bicyclic) bond motifs is 1. The van der Waals surface area contributed by atoms with Crippen LogP contribution in [0.5, 0.6) is 0 Å². The lowest BCUT2D eigenvalue weighted by Gasteiger charge is -2.09. The number of hydrogen-bond donors (Lipinski definition) is 2. The van der Waals surface area contributed by atoms with Crippen molar-refractivity contribution in [3.8, 4) is 11.1 Å². The van der Waals surface area contributed by atoms with Gasteiger partial charge in [-0.1, -0.05) is 48.5 Å². The number of ether oxygens (including phenoxy) is 1. The lowest BCUT2D eigenvalue weighted by atomic mass is 9.99. The van der Waals surface area contributed by atoms with Crippen LogP contribution < -0.4 is 5.69 Å². The van der Waals surface area contributed by atoms with E-state index in [9.17, 15) is 19.5 Å². The Morgan fingerprint density at radius 1 is 0.967 bits per heavy atom. The van der Waals surface area contributed by atoms with E-state index in [1.54, 1.807) is 42.5 Å². The number of methoxy groups -OCH3 is 1. The lowest BCUT2D eigenvalue weighted by Crippen LogP contribution is -2.18. The molecule has 4 aromatic rings. The average molecular weight is 402 g/mol. The summed E-state index contributed by atoms with van der Waals surface area (Å²) < 4.78 is 6.33. The maximum atomic E-state index is 12.5. The molecule has 3 aromatic carbocycles. The second kappa shape index (κ2) is 7.71. The number of carboxylic acids is 1. The number of para-hydroxylation sites is 1. The highest BCUT2D eigenvalue weighted by molar-refractivity contribution is 6.02. The Morgan fingerprint density at radius 3 is 2.37 bits per heavy atom. The van der Waals surface area contributed by atoms with Gasteiger partial charge in [0.15, 0.2) is 0 Å². The number of H-pyrrole nitrogens is 1. The van der Waals surface area contributed by atoms with Crippen molar-refractivity contribution < 1.29 is 19.4 Å². The van der Waals surface area contributed by atoms with Crippen LogP contribution in [0.25, 0.3) is 22.2 Å². The summed E-state index contributed by atoms with van der Waals surface area (Å²) in [4.78, 5) is 38.9. The molecule has 2 N–H and O–H groups in total. The van der Waals surface area contributed by atoms with Crippen LogP contribution in [0.15, 0.2) is 71.5 Å². The molecule has 0 atom stereocenters. The van der Waals surface area contributed by atoms with Gasteiger partial charge in [0.25, 0.3) is 0 Å². The number of rotatable bonds is 5. The number of carbonyl (C=O) groups is 2. The molecule has 0 aliphatic rings. The zero-order valence-corrected chi connectivity index (χ0v) is 16.1. The van der Waals surface area contributed by atoms with Gasteiger partial charge < -0.3 is 14.8 Å². The van der Waals surface area contributed by atoms with E-state index in [-0.39, 0.29) is 17.8 Å². The Labute approximate surface area is 171 Å². The van der Waals surface area contributed by atoms with E-state index in [0.717, 1.165) is 11.1 Å². The highest BCUT2D eigenvalue weighted by atomic mass is 16.5. The molecule has 150 valence electrons. The van der Waals surface area contributed by atoms with Crippen molar-refractivity contribution in [3.05, 3.63) is 93.9 Å². The largest absolute Gasteiger partial charge is 0.478 e. The molecule has 1 heterocycles. The molecule has 0 bridgehead atoms. The first kappa shape index (κ1) is 19.2. The number of hydrogen-bond acceptors (Lipinski definition) is 4. The van der Waals surface area contributed by atoms with Gasteiger partial charge in [-0.05, 0) is 34.9 Å². The third-order valence-corrected chi connectivity index (χ3v) is 4.96. The highest BCUT2D eigenvalue weighted by Crippen LogP contribution is 2.25. The third kappa shape index (κ3) is 3.37. The molecule has 7 heteroatoms. The summed E-state index contributed by atoms with van der Waals surface area (Å²) in [5.41, 5.74) is 3.44. The molecule has 0 aliphatic carbocycles. The minimum atomic E-state index is -0.990. The molecule has 0 saturated heterocycles. The molecule has 4 rings (SSSR count).